The Labute approximate surface area is 242 Å². The molecule has 0 aliphatic carbocycles. The first-order chi connectivity index (χ1) is 19.0. The molecule has 0 spiro atoms. The van der Waals surface area contributed by atoms with Crippen LogP contribution in [0.15, 0.2) is 29.4 Å². The molecule has 0 saturated carbocycles. The van der Waals surface area contributed by atoms with E-state index in [1.165, 1.54) is 30.8 Å². The van der Waals surface area contributed by atoms with Crippen LogP contribution in [0.5, 0.6) is 0 Å². The largest absolute Gasteiger partial charge is 0.444 e. The van der Waals surface area contributed by atoms with Crippen molar-refractivity contribution in [3.63, 3.8) is 0 Å². The topological polar surface area (TPSA) is 164 Å². The Morgan fingerprint density at radius 2 is 1.85 bits per heavy atom. The second kappa shape index (κ2) is 12.0. The van der Waals surface area contributed by atoms with E-state index in [0.29, 0.717) is 12.0 Å². The number of ether oxygens (including phenoxy) is 1. The number of hydrogen-bond donors (Lipinski definition) is 5. The Hall–Kier alpha value is -3.20. The number of amides is 2. The highest BCUT2D eigenvalue weighted by atomic mass is 32.2. The minimum atomic E-state index is -1.64. The van der Waals surface area contributed by atoms with Crippen molar-refractivity contribution in [3.05, 3.63) is 53.0 Å². The van der Waals surface area contributed by atoms with Crippen LogP contribution in [0.4, 0.5) is 19.4 Å². The Bertz CT molecular complexity index is 1350. The summed E-state index contributed by atoms with van der Waals surface area (Å²) in [6.45, 7) is 12.1. The second-order valence-corrected chi connectivity index (χ2v) is 13.3. The second-order valence-electron chi connectivity index (χ2n) is 11.4. The van der Waals surface area contributed by atoms with Gasteiger partial charge >= 0.3 is 6.09 Å². The number of hydrogen-bond acceptors (Lipinski definition) is 10. The fourth-order valence-electron chi connectivity index (χ4n) is 4.49. The van der Waals surface area contributed by atoms with Gasteiger partial charge in [0, 0.05) is 0 Å². The van der Waals surface area contributed by atoms with Gasteiger partial charge in [-0.25, -0.2) is 23.5 Å². The summed E-state index contributed by atoms with van der Waals surface area (Å²) in [5, 5.41) is 15.8. The number of nitrogens with zero attached hydrogens (tertiary/aromatic N) is 3. The van der Waals surface area contributed by atoms with Gasteiger partial charge in [-0.1, -0.05) is 0 Å². The number of aromatic nitrogens is 2. The quantitative estimate of drug-likeness (QED) is 0.293. The summed E-state index contributed by atoms with van der Waals surface area (Å²) in [4.78, 5) is 37.3. The number of hydroxylamine groups is 1. The molecule has 3 heterocycles. The first kappa shape index (κ1) is 32.3. The van der Waals surface area contributed by atoms with Gasteiger partial charge in [0.1, 0.15) is 50.7 Å². The minimum Gasteiger partial charge on any atom is -0.444 e. The summed E-state index contributed by atoms with van der Waals surface area (Å²) >= 11 is 1.22. The van der Waals surface area contributed by atoms with Crippen molar-refractivity contribution < 1.29 is 28.3 Å². The highest BCUT2D eigenvalue weighted by molar-refractivity contribution is 8.02. The minimum absolute atomic E-state index is 0.0311. The number of nitrogens with two attached hydrogens (primary N) is 1. The molecule has 0 fully saturated rings. The molecule has 1 aliphatic heterocycles. The van der Waals surface area contributed by atoms with E-state index in [4.69, 9.17) is 15.5 Å². The number of halogens is 2. The van der Waals surface area contributed by atoms with Gasteiger partial charge in [0.05, 0.1) is 10.9 Å². The molecule has 6 N–H and O–H groups in total. The van der Waals surface area contributed by atoms with Crippen molar-refractivity contribution in [3.8, 4) is 0 Å². The molecule has 0 saturated heterocycles. The number of carbonyl (C=O) groups excluding carboxylic acids is 2. The first-order valence-corrected chi connectivity index (χ1v) is 13.8. The van der Waals surface area contributed by atoms with Gasteiger partial charge in [-0.05, 0) is 91.6 Å². The van der Waals surface area contributed by atoms with E-state index in [1.54, 1.807) is 41.5 Å². The van der Waals surface area contributed by atoms with Gasteiger partial charge in [0.25, 0.3) is 5.91 Å². The summed E-state index contributed by atoms with van der Waals surface area (Å²) in [5.74, 6) is -1.90. The van der Waals surface area contributed by atoms with Gasteiger partial charge in [-0.2, -0.15) is 5.48 Å². The number of pyridine rings is 2. The lowest BCUT2D eigenvalue weighted by molar-refractivity contribution is 0.0542. The van der Waals surface area contributed by atoms with E-state index in [2.05, 4.69) is 26.1 Å². The van der Waals surface area contributed by atoms with Crippen molar-refractivity contribution in [2.45, 2.75) is 82.1 Å². The van der Waals surface area contributed by atoms with Gasteiger partial charge < -0.3 is 21.0 Å². The number of thioether (sulfide) groups is 1. The predicted molar refractivity (Wildman–Crippen MR) is 153 cm³/mol. The zero-order valence-electron chi connectivity index (χ0n) is 24.2. The van der Waals surface area contributed by atoms with Crippen LogP contribution in [-0.2, 0) is 10.3 Å². The Morgan fingerprint density at radius 3 is 2.44 bits per heavy atom. The van der Waals surface area contributed by atoms with Gasteiger partial charge in [0.15, 0.2) is 0 Å². The normalized spacial score (nSPS) is 22.1. The molecule has 0 bridgehead atoms. The zero-order chi connectivity index (χ0) is 30.8. The Balaban J connectivity index is 2.14. The highest BCUT2D eigenvalue weighted by Crippen LogP contribution is 2.54. The lowest BCUT2D eigenvalue weighted by atomic mass is 9.84. The van der Waals surface area contributed by atoms with Crippen molar-refractivity contribution in [1.82, 2.24) is 20.8 Å². The summed E-state index contributed by atoms with van der Waals surface area (Å²) in [6.07, 6.45) is 0.837. The summed E-state index contributed by atoms with van der Waals surface area (Å²) in [5.41, 5.74) is 5.78. The molecule has 0 unspecified atom stereocenters. The molecule has 3 rings (SSSR count). The monoisotopic (exact) mass is 593 g/mol. The predicted octanol–water partition coefficient (Wildman–Crippen LogP) is 4.39. The number of nitrogens with one attached hydrogen (secondary N) is 3. The van der Waals surface area contributed by atoms with Crippen LogP contribution in [0, 0.1) is 18.6 Å². The summed E-state index contributed by atoms with van der Waals surface area (Å²) in [7, 11) is 0. The average Bonchev–Trinajstić information content (AvgIpc) is 2.85. The van der Waals surface area contributed by atoms with Crippen LogP contribution < -0.4 is 21.8 Å². The van der Waals surface area contributed by atoms with E-state index in [1.807, 2.05) is 0 Å². The number of amidine groups is 1. The highest BCUT2D eigenvalue weighted by Gasteiger charge is 2.59. The van der Waals surface area contributed by atoms with Crippen molar-refractivity contribution in [2.75, 3.05) is 11.9 Å². The lowest BCUT2D eigenvalue weighted by Crippen LogP contribution is -2.64. The molecule has 14 heteroatoms. The third-order valence-corrected chi connectivity index (χ3v) is 8.21. The lowest BCUT2D eigenvalue weighted by Gasteiger charge is -2.52. The van der Waals surface area contributed by atoms with E-state index < -0.39 is 44.4 Å². The maximum atomic E-state index is 15.6. The third-order valence-electron chi connectivity index (χ3n) is 6.46. The van der Waals surface area contributed by atoms with E-state index >= 15 is 4.39 Å². The van der Waals surface area contributed by atoms with Gasteiger partial charge in [-0.15, -0.1) is 11.8 Å². The Morgan fingerprint density at radius 1 is 1.17 bits per heavy atom. The first-order valence-electron chi connectivity index (χ1n) is 13.0. The number of aliphatic imine (C=N–C) groups is 1. The third kappa shape index (κ3) is 7.00. The van der Waals surface area contributed by atoms with Crippen molar-refractivity contribution >= 4 is 35.4 Å². The van der Waals surface area contributed by atoms with E-state index in [-0.39, 0.29) is 36.0 Å². The molecule has 224 valence electrons. The van der Waals surface area contributed by atoms with Crippen molar-refractivity contribution in [2.24, 2.45) is 10.7 Å². The molecule has 2 amide bonds. The fraction of sp³-hybridized carbons (Fsp3) is 0.519. The van der Waals surface area contributed by atoms with E-state index in [9.17, 15) is 19.2 Å². The van der Waals surface area contributed by atoms with Gasteiger partial charge in [0.2, 0.25) is 0 Å². The van der Waals surface area contributed by atoms with E-state index in [0.717, 1.165) is 12.3 Å². The SMILES string of the molecule is Cc1cc(F)cnc1C(=O)Nc1ccc(F)c([C@@]2(C)N=C(NC(=O)OC(C)(C)C)C(C)(C)S[C@@]2(CCCN)NO)n1. The van der Waals surface area contributed by atoms with Gasteiger partial charge in [-0.3, -0.25) is 15.1 Å². The molecule has 2 aromatic heterocycles. The molecular formula is C27H37F2N7O4S. The average molecular weight is 594 g/mol. The number of carbonyl (C=O) groups is 2. The number of aryl methyl sites for hydroxylation is 1. The molecule has 0 radical (unpaired) electrons. The number of alkyl carbamates (subject to hydrolysis) is 1. The molecular weight excluding hydrogens is 556 g/mol. The maximum Gasteiger partial charge on any atom is 0.413 e. The van der Waals surface area contributed by atoms with Crippen molar-refractivity contribution in [1.29, 1.82) is 0 Å². The summed E-state index contributed by atoms with van der Waals surface area (Å²) in [6, 6.07) is 3.54. The smallest absolute Gasteiger partial charge is 0.413 e. The maximum absolute atomic E-state index is 15.6. The fourth-order valence-corrected chi connectivity index (χ4v) is 6.19. The Kier molecular flexibility index (Phi) is 9.43. The standard InChI is InChI=1S/C27H37F2N7O4S/c1-15-13-16(28)14-31-19(15)21(37)33-18-10-9-17(29)20(32-18)26(7)27(36-39,11-8-12-30)41-25(5,6)22(35-26)34-23(38)40-24(2,3)4/h9-10,13-14,36,39H,8,11-12,30H2,1-7H3,(H,32,33,37)(H,34,35,38)/t26-,27-/m1/s1. The van der Waals surface area contributed by atoms with Crippen LogP contribution in [0.1, 0.15) is 76.1 Å². The van der Waals surface area contributed by atoms with Crippen LogP contribution >= 0.6 is 11.8 Å². The molecule has 0 aromatic carbocycles. The number of anilines is 1. The molecule has 41 heavy (non-hydrogen) atoms. The molecule has 2 atom stereocenters. The summed E-state index contributed by atoms with van der Waals surface area (Å²) < 4.78 is 33.6. The molecule has 1 aliphatic rings. The van der Waals surface area contributed by atoms with Crippen LogP contribution in [-0.4, -0.2) is 54.8 Å². The molecule has 11 nitrogen and oxygen atoms in total. The molecule has 2 aromatic rings. The van der Waals surface area contributed by atoms with Crippen LogP contribution in [0.25, 0.3) is 0 Å². The van der Waals surface area contributed by atoms with Crippen LogP contribution in [0.3, 0.4) is 0 Å². The number of rotatable bonds is 7. The van der Waals surface area contributed by atoms with Crippen LogP contribution in [0.2, 0.25) is 0 Å². The zero-order valence-corrected chi connectivity index (χ0v) is 25.0.